The average Bonchev–Trinajstić information content (AvgIpc) is 2.75. The molecule has 0 aromatic heterocycles. The zero-order valence-corrected chi connectivity index (χ0v) is 14.0. The largest absolute Gasteiger partial charge is 0.373 e. The van der Waals surface area contributed by atoms with Crippen LogP contribution in [0.25, 0.3) is 0 Å². The summed E-state index contributed by atoms with van der Waals surface area (Å²) >= 11 is 5.75. The fraction of sp³-hybridized carbons (Fsp3) is 0.222. The minimum atomic E-state index is -0.650. The number of hydrogen-bond donors (Lipinski definition) is 1. The normalized spacial score (nSPS) is 17.5. The highest BCUT2D eigenvalue weighted by Crippen LogP contribution is 2.28. The van der Waals surface area contributed by atoms with Gasteiger partial charge < -0.3 is 5.32 Å². The Bertz CT molecular complexity index is 818. The third-order valence-corrected chi connectivity index (χ3v) is 4.16. The zero-order chi connectivity index (χ0) is 17.4. The van der Waals surface area contributed by atoms with Gasteiger partial charge in [0.1, 0.15) is 11.9 Å². The van der Waals surface area contributed by atoms with Crippen LogP contribution >= 0.6 is 11.6 Å². The number of rotatable bonds is 3. The molecule has 4 nitrogen and oxygen atoms in total. The van der Waals surface area contributed by atoms with Crippen molar-refractivity contribution in [2.75, 3.05) is 10.2 Å². The van der Waals surface area contributed by atoms with Crippen LogP contribution in [0.5, 0.6) is 0 Å². The minimum absolute atomic E-state index is 0.0425. The smallest absolute Gasteiger partial charge is 0.256 e. The van der Waals surface area contributed by atoms with Gasteiger partial charge in [-0.2, -0.15) is 0 Å². The number of carbonyl (C=O) groups excluding carboxylic acids is 2. The van der Waals surface area contributed by atoms with Crippen LogP contribution in [-0.4, -0.2) is 17.9 Å². The number of imide groups is 1. The van der Waals surface area contributed by atoms with Gasteiger partial charge in [-0.3, -0.25) is 9.59 Å². The predicted molar refractivity (Wildman–Crippen MR) is 91.8 cm³/mol. The minimum Gasteiger partial charge on any atom is -0.373 e. The van der Waals surface area contributed by atoms with Gasteiger partial charge in [-0.1, -0.05) is 17.7 Å². The van der Waals surface area contributed by atoms with Crippen molar-refractivity contribution in [2.24, 2.45) is 0 Å². The summed E-state index contributed by atoms with van der Waals surface area (Å²) in [7, 11) is 0. The summed E-state index contributed by atoms with van der Waals surface area (Å²) in [6.45, 7) is 3.93. The van der Waals surface area contributed by atoms with E-state index in [1.54, 1.807) is 0 Å². The van der Waals surface area contributed by atoms with Gasteiger partial charge in [-0.15, -0.1) is 0 Å². The van der Waals surface area contributed by atoms with Crippen LogP contribution in [-0.2, 0) is 9.59 Å². The molecule has 0 spiro atoms. The summed E-state index contributed by atoms with van der Waals surface area (Å²) < 4.78 is 13.3. The second-order valence-electron chi connectivity index (χ2n) is 5.94. The molecule has 1 aliphatic rings. The molecule has 0 aliphatic carbocycles. The van der Waals surface area contributed by atoms with Crippen molar-refractivity contribution < 1.29 is 14.0 Å². The fourth-order valence-corrected chi connectivity index (χ4v) is 3.07. The van der Waals surface area contributed by atoms with Gasteiger partial charge in [0.15, 0.2) is 0 Å². The number of halogens is 2. The Kier molecular flexibility index (Phi) is 4.28. The maximum absolute atomic E-state index is 13.3. The molecular weight excluding hydrogens is 331 g/mol. The Balaban J connectivity index is 1.84. The van der Waals surface area contributed by atoms with Gasteiger partial charge in [-0.25, -0.2) is 9.29 Å². The number of benzene rings is 2. The van der Waals surface area contributed by atoms with E-state index in [1.807, 2.05) is 32.0 Å². The number of amides is 2. The van der Waals surface area contributed by atoms with Gasteiger partial charge in [0.2, 0.25) is 5.91 Å². The Morgan fingerprint density at radius 2 is 1.79 bits per heavy atom. The molecular formula is C18H16ClFN2O2. The predicted octanol–water partition coefficient (Wildman–Crippen LogP) is 3.84. The highest BCUT2D eigenvalue weighted by molar-refractivity contribution is 6.31. The standard InChI is InChI=1S/C18H16ClFN2O2/c1-10-5-11(2)7-12(6-10)21-16-9-17(23)22(18(16)24)13-3-4-15(20)14(19)8-13/h3-8,16,21H,9H2,1-2H3/t16-/m1/s1. The maximum Gasteiger partial charge on any atom is 0.256 e. The van der Waals surface area contributed by atoms with Crippen molar-refractivity contribution in [1.82, 2.24) is 0 Å². The summed E-state index contributed by atoms with van der Waals surface area (Å²) in [5.74, 6) is -1.31. The second kappa shape index (κ2) is 6.24. The van der Waals surface area contributed by atoms with Crippen LogP contribution in [0.15, 0.2) is 36.4 Å². The lowest BCUT2D eigenvalue weighted by Gasteiger charge is -2.17. The second-order valence-corrected chi connectivity index (χ2v) is 6.35. The third kappa shape index (κ3) is 3.12. The van der Waals surface area contributed by atoms with Gasteiger partial charge in [-0.05, 0) is 55.3 Å². The number of anilines is 2. The lowest BCUT2D eigenvalue weighted by atomic mass is 10.1. The lowest BCUT2D eigenvalue weighted by Crippen LogP contribution is -2.34. The van der Waals surface area contributed by atoms with E-state index in [0.717, 1.165) is 27.8 Å². The van der Waals surface area contributed by atoms with Gasteiger partial charge >= 0.3 is 0 Å². The first kappa shape index (κ1) is 16.5. The van der Waals surface area contributed by atoms with Crippen molar-refractivity contribution in [3.8, 4) is 0 Å². The van der Waals surface area contributed by atoms with Gasteiger partial charge in [0, 0.05) is 5.69 Å². The molecule has 3 rings (SSSR count). The van der Waals surface area contributed by atoms with E-state index in [1.165, 1.54) is 12.1 Å². The number of hydrogen-bond acceptors (Lipinski definition) is 3. The molecule has 1 N–H and O–H groups in total. The molecule has 2 aromatic rings. The molecule has 0 radical (unpaired) electrons. The molecule has 1 atom stereocenters. The molecule has 1 saturated heterocycles. The van der Waals surface area contributed by atoms with E-state index in [9.17, 15) is 14.0 Å². The average molecular weight is 347 g/mol. The van der Waals surface area contributed by atoms with Crippen LogP contribution in [0, 0.1) is 19.7 Å². The van der Waals surface area contributed by atoms with Crippen LogP contribution in [0.3, 0.4) is 0 Å². The first-order chi connectivity index (χ1) is 11.3. The van der Waals surface area contributed by atoms with Gasteiger partial charge in [0.25, 0.3) is 5.91 Å². The molecule has 1 fully saturated rings. The van der Waals surface area contributed by atoms with Crippen molar-refractivity contribution in [2.45, 2.75) is 26.3 Å². The van der Waals surface area contributed by atoms with E-state index in [2.05, 4.69) is 5.32 Å². The SMILES string of the molecule is Cc1cc(C)cc(N[C@@H]2CC(=O)N(c3ccc(F)c(Cl)c3)C2=O)c1. The van der Waals surface area contributed by atoms with Crippen LogP contribution in [0.2, 0.25) is 5.02 Å². The molecule has 24 heavy (non-hydrogen) atoms. The topological polar surface area (TPSA) is 49.4 Å². The Hall–Kier alpha value is -2.40. The van der Waals surface area contributed by atoms with E-state index in [-0.39, 0.29) is 28.9 Å². The van der Waals surface area contributed by atoms with Crippen LogP contribution in [0.4, 0.5) is 15.8 Å². The Morgan fingerprint density at radius 1 is 1.12 bits per heavy atom. The summed E-state index contributed by atoms with van der Waals surface area (Å²) in [6, 6.07) is 9.01. The van der Waals surface area contributed by atoms with E-state index >= 15 is 0 Å². The fourth-order valence-electron chi connectivity index (χ4n) is 2.90. The number of aryl methyl sites for hydroxylation is 2. The van der Waals surface area contributed by atoms with E-state index in [4.69, 9.17) is 11.6 Å². The Labute approximate surface area is 144 Å². The van der Waals surface area contributed by atoms with E-state index in [0.29, 0.717) is 0 Å². The zero-order valence-electron chi connectivity index (χ0n) is 13.3. The molecule has 6 heteroatoms. The van der Waals surface area contributed by atoms with Crippen molar-refractivity contribution in [3.05, 3.63) is 58.4 Å². The van der Waals surface area contributed by atoms with Crippen molar-refractivity contribution in [1.29, 1.82) is 0 Å². The lowest BCUT2D eigenvalue weighted by molar-refractivity contribution is -0.121. The molecule has 0 bridgehead atoms. The van der Waals surface area contributed by atoms with E-state index < -0.39 is 11.9 Å². The first-order valence-corrected chi connectivity index (χ1v) is 7.89. The van der Waals surface area contributed by atoms with Gasteiger partial charge in [0.05, 0.1) is 17.1 Å². The van der Waals surface area contributed by atoms with Crippen LogP contribution in [0.1, 0.15) is 17.5 Å². The third-order valence-electron chi connectivity index (χ3n) is 3.87. The quantitative estimate of drug-likeness (QED) is 0.859. The maximum atomic E-state index is 13.3. The molecule has 0 unspecified atom stereocenters. The monoisotopic (exact) mass is 346 g/mol. The summed E-state index contributed by atoms with van der Waals surface area (Å²) in [5, 5.41) is 2.98. The molecule has 124 valence electrons. The number of nitrogens with one attached hydrogen (secondary N) is 1. The highest BCUT2D eigenvalue weighted by atomic mass is 35.5. The number of carbonyl (C=O) groups is 2. The summed E-state index contributed by atoms with van der Waals surface area (Å²) in [4.78, 5) is 25.9. The number of nitrogens with zero attached hydrogens (tertiary/aromatic N) is 1. The summed E-state index contributed by atoms with van der Waals surface area (Å²) in [6.07, 6.45) is 0.0425. The first-order valence-electron chi connectivity index (χ1n) is 7.52. The molecule has 0 saturated carbocycles. The van der Waals surface area contributed by atoms with Crippen LogP contribution < -0.4 is 10.2 Å². The summed E-state index contributed by atoms with van der Waals surface area (Å²) in [5.41, 5.74) is 3.20. The molecule has 1 heterocycles. The van der Waals surface area contributed by atoms with Crippen molar-refractivity contribution in [3.63, 3.8) is 0 Å². The molecule has 2 amide bonds. The molecule has 1 aliphatic heterocycles. The molecule has 2 aromatic carbocycles. The van der Waals surface area contributed by atoms with Crippen molar-refractivity contribution >= 4 is 34.8 Å². The Morgan fingerprint density at radius 3 is 2.42 bits per heavy atom. The highest BCUT2D eigenvalue weighted by Gasteiger charge is 2.39.